The van der Waals surface area contributed by atoms with Crippen molar-refractivity contribution in [2.45, 2.75) is 18.4 Å². The Morgan fingerprint density at radius 3 is 2.55 bits per heavy atom. The molecule has 0 aliphatic carbocycles. The van der Waals surface area contributed by atoms with E-state index in [1.54, 1.807) is 20.0 Å². The molecule has 0 fully saturated rings. The van der Waals surface area contributed by atoms with Crippen molar-refractivity contribution >= 4 is 27.5 Å². The van der Waals surface area contributed by atoms with Crippen molar-refractivity contribution in [1.82, 2.24) is 9.21 Å². The molecule has 154 valence electrons. The molecule has 1 heterocycles. The third-order valence-electron chi connectivity index (χ3n) is 4.64. The van der Waals surface area contributed by atoms with Crippen LogP contribution >= 0.6 is 0 Å². The van der Waals surface area contributed by atoms with Gasteiger partial charge in [-0.05, 0) is 24.1 Å². The van der Waals surface area contributed by atoms with Gasteiger partial charge in [-0.1, -0.05) is 30.3 Å². The van der Waals surface area contributed by atoms with Crippen molar-refractivity contribution in [2.75, 3.05) is 32.6 Å². The van der Waals surface area contributed by atoms with Crippen LogP contribution in [0.5, 0.6) is 5.75 Å². The second-order valence-electron chi connectivity index (χ2n) is 6.95. The molecule has 0 bridgehead atoms. The Labute approximate surface area is 170 Å². The summed E-state index contributed by atoms with van der Waals surface area (Å²) in [6, 6.07) is 12.4. The van der Waals surface area contributed by atoms with Crippen LogP contribution in [0.25, 0.3) is 0 Å². The van der Waals surface area contributed by atoms with Crippen LogP contribution < -0.4 is 10.1 Å². The highest BCUT2D eigenvalue weighted by atomic mass is 32.2. The number of benzene rings is 2. The van der Waals surface area contributed by atoms with E-state index in [1.807, 2.05) is 30.3 Å². The van der Waals surface area contributed by atoms with Gasteiger partial charge in [-0.2, -0.15) is 4.31 Å². The van der Waals surface area contributed by atoms with Crippen LogP contribution in [0.1, 0.15) is 11.1 Å². The van der Waals surface area contributed by atoms with E-state index in [0.717, 1.165) is 9.87 Å². The van der Waals surface area contributed by atoms with Crippen molar-refractivity contribution in [3.05, 3.63) is 53.6 Å². The van der Waals surface area contributed by atoms with Crippen LogP contribution in [-0.2, 0) is 26.2 Å². The molecule has 0 spiro atoms. The molecular weight excluding hydrogens is 394 g/mol. The van der Waals surface area contributed by atoms with Crippen molar-refractivity contribution in [2.24, 2.45) is 0 Å². The van der Waals surface area contributed by atoms with E-state index in [1.165, 1.54) is 18.0 Å². The number of sulfonamides is 1. The van der Waals surface area contributed by atoms with Crippen LogP contribution in [0.4, 0.5) is 5.69 Å². The van der Waals surface area contributed by atoms with Gasteiger partial charge in [-0.25, -0.2) is 8.42 Å². The molecule has 8 nitrogen and oxygen atoms in total. The number of aryl methyl sites for hydroxylation is 1. The molecule has 2 aromatic rings. The highest BCUT2D eigenvalue weighted by Crippen LogP contribution is 2.33. The topological polar surface area (TPSA) is 96.0 Å². The number of rotatable bonds is 6. The molecule has 29 heavy (non-hydrogen) atoms. The van der Waals surface area contributed by atoms with Gasteiger partial charge in [0.1, 0.15) is 5.75 Å². The molecule has 1 aliphatic heterocycles. The third kappa shape index (κ3) is 4.57. The van der Waals surface area contributed by atoms with Crippen LogP contribution in [0.3, 0.4) is 0 Å². The Balaban J connectivity index is 1.75. The highest BCUT2D eigenvalue weighted by molar-refractivity contribution is 7.89. The predicted octanol–water partition coefficient (Wildman–Crippen LogP) is 1.61. The Bertz CT molecular complexity index is 1040. The summed E-state index contributed by atoms with van der Waals surface area (Å²) in [5, 5.41) is 2.65. The number of carbonyl (C=O) groups is 2. The maximum atomic E-state index is 13.0. The number of amides is 2. The quantitative estimate of drug-likeness (QED) is 0.770. The summed E-state index contributed by atoms with van der Waals surface area (Å²) in [7, 11) is -0.923. The second kappa shape index (κ2) is 8.22. The minimum Gasteiger partial charge on any atom is -0.482 e. The van der Waals surface area contributed by atoms with E-state index >= 15 is 0 Å². The predicted molar refractivity (Wildman–Crippen MR) is 108 cm³/mol. The lowest BCUT2D eigenvalue weighted by Crippen LogP contribution is -2.39. The van der Waals surface area contributed by atoms with Gasteiger partial charge in [0.15, 0.2) is 6.61 Å². The van der Waals surface area contributed by atoms with Gasteiger partial charge in [0, 0.05) is 26.7 Å². The maximum absolute atomic E-state index is 13.0. The standard InChI is InChI=1S/C20H23N3O5S/c1-14-9-16-17(28-13-19(24)21-16)10-18(14)29(26,27)23(3)12-20(25)22(2)11-15-7-5-4-6-8-15/h4-10H,11-13H2,1-3H3,(H,21,24). The number of carbonyl (C=O) groups excluding carboxylic acids is 2. The Kier molecular flexibility index (Phi) is 5.90. The maximum Gasteiger partial charge on any atom is 0.262 e. The summed E-state index contributed by atoms with van der Waals surface area (Å²) >= 11 is 0. The SMILES string of the molecule is Cc1cc2c(cc1S(=O)(=O)N(C)CC(=O)N(C)Cc1ccccc1)OCC(=O)N2. The first-order valence-corrected chi connectivity index (χ1v) is 10.4. The molecule has 9 heteroatoms. The minimum absolute atomic E-state index is 0.0356. The van der Waals surface area contributed by atoms with Crippen molar-refractivity contribution in [3.63, 3.8) is 0 Å². The number of likely N-dealkylation sites (N-methyl/N-ethyl adjacent to an activating group) is 2. The third-order valence-corrected chi connectivity index (χ3v) is 6.59. The number of hydrogen-bond donors (Lipinski definition) is 1. The molecule has 0 saturated heterocycles. The highest BCUT2D eigenvalue weighted by Gasteiger charge is 2.28. The summed E-state index contributed by atoms with van der Waals surface area (Å²) in [6.45, 7) is 1.55. The molecule has 2 aromatic carbocycles. The van der Waals surface area contributed by atoms with Gasteiger partial charge in [-0.3, -0.25) is 9.59 Å². The summed E-state index contributed by atoms with van der Waals surface area (Å²) in [6.07, 6.45) is 0. The van der Waals surface area contributed by atoms with Crippen LogP contribution in [0, 0.1) is 6.92 Å². The van der Waals surface area contributed by atoms with Gasteiger partial charge in [0.2, 0.25) is 15.9 Å². The number of ether oxygens (including phenoxy) is 1. The molecular formula is C20H23N3O5S. The normalized spacial score (nSPS) is 13.4. The van der Waals surface area contributed by atoms with E-state index < -0.39 is 10.0 Å². The second-order valence-corrected chi connectivity index (χ2v) is 8.96. The Hall–Kier alpha value is -2.91. The van der Waals surface area contributed by atoms with E-state index in [4.69, 9.17) is 4.74 Å². The molecule has 0 aromatic heterocycles. The first-order chi connectivity index (χ1) is 13.7. The van der Waals surface area contributed by atoms with Crippen molar-refractivity contribution in [3.8, 4) is 5.75 Å². The fourth-order valence-corrected chi connectivity index (χ4v) is 4.34. The molecule has 0 atom stereocenters. The number of nitrogens with zero attached hydrogens (tertiary/aromatic N) is 2. The molecule has 0 saturated carbocycles. The zero-order valence-electron chi connectivity index (χ0n) is 16.5. The number of anilines is 1. The van der Waals surface area contributed by atoms with Crippen LogP contribution in [-0.4, -0.2) is 56.7 Å². The lowest BCUT2D eigenvalue weighted by atomic mass is 10.2. The van der Waals surface area contributed by atoms with E-state index in [-0.39, 0.29) is 35.6 Å². The molecule has 1 N–H and O–H groups in total. The lowest BCUT2D eigenvalue weighted by molar-refractivity contribution is -0.130. The number of fused-ring (bicyclic) bond motifs is 1. The van der Waals surface area contributed by atoms with Gasteiger partial charge in [-0.15, -0.1) is 0 Å². The first kappa shape index (κ1) is 20.8. The van der Waals surface area contributed by atoms with E-state index in [9.17, 15) is 18.0 Å². The van der Waals surface area contributed by atoms with Gasteiger partial charge >= 0.3 is 0 Å². The molecule has 2 amide bonds. The summed E-state index contributed by atoms with van der Waals surface area (Å²) in [4.78, 5) is 25.5. The fraction of sp³-hybridized carbons (Fsp3) is 0.300. The minimum atomic E-state index is -3.92. The number of hydrogen-bond acceptors (Lipinski definition) is 5. The van der Waals surface area contributed by atoms with Crippen LogP contribution in [0.2, 0.25) is 0 Å². The summed E-state index contributed by atoms with van der Waals surface area (Å²) in [5.41, 5.74) is 1.84. The largest absolute Gasteiger partial charge is 0.482 e. The molecule has 0 radical (unpaired) electrons. The molecule has 3 rings (SSSR count). The average Bonchev–Trinajstić information content (AvgIpc) is 2.67. The lowest BCUT2D eigenvalue weighted by Gasteiger charge is -2.24. The van der Waals surface area contributed by atoms with E-state index in [0.29, 0.717) is 17.8 Å². The summed E-state index contributed by atoms with van der Waals surface area (Å²) in [5.74, 6) is -0.328. The first-order valence-electron chi connectivity index (χ1n) is 9.00. The zero-order chi connectivity index (χ0) is 21.2. The van der Waals surface area contributed by atoms with Crippen molar-refractivity contribution in [1.29, 1.82) is 0 Å². The smallest absolute Gasteiger partial charge is 0.262 e. The van der Waals surface area contributed by atoms with Gasteiger partial charge < -0.3 is 15.0 Å². The fourth-order valence-electron chi connectivity index (χ4n) is 3.00. The average molecular weight is 417 g/mol. The van der Waals surface area contributed by atoms with Gasteiger partial charge in [0.25, 0.3) is 5.91 Å². The van der Waals surface area contributed by atoms with E-state index in [2.05, 4.69) is 5.32 Å². The Morgan fingerprint density at radius 2 is 1.86 bits per heavy atom. The molecule has 1 aliphatic rings. The van der Waals surface area contributed by atoms with Crippen LogP contribution in [0.15, 0.2) is 47.4 Å². The van der Waals surface area contributed by atoms with Crippen molar-refractivity contribution < 1.29 is 22.7 Å². The Morgan fingerprint density at radius 1 is 1.17 bits per heavy atom. The number of nitrogens with one attached hydrogen (secondary N) is 1. The monoisotopic (exact) mass is 417 g/mol. The molecule has 0 unspecified atom stereocenters. The zero-order valence-corrected chi connectivity index (χ0v) is 17.3. The summed E-state index contributed by atoms with van der Waals surface area (Å²) < 4.78 is 32.4. The van der Waals surface area contributed by atoms with Gasteiger partial charge in [0.05, 0.1) is 17.1 Å².